The average Bonchev–Trinajstić information content (AvgIpc) is 2.15. The number of allylic oxidation sites excluding steroid dienone is 1. The Labute approximate surface area is 102 Å². The molecule has 1 unspecified atom stereocenters. The minimum Gasteiger partial charge on any atom is -0.464 e. The van der Waals surface area contributed by atoms with Crippen molar-refractivity contribution in [2.45, 2.75) is 45.6 Å². The molecule has 0 saturated carbocycles. The number of nitrogens with two attached hydrogens (primary N) is 1. The maximum atomic E-state index is 11.5. The molecule has 0 spiro atoms. The van der Waals surface area contributed by atoms with Crippen molar-refractivity contribution in [3.63, 3.8) is 0 Å². The predicted molar refractivity (Wildman–Crippen MR) is 64.0 cm³/mol. The lowest BCUT2D eigenvalue weighted by molar-refractivity contribution is -0.152. The molecular weight excluding hydrogens is 222 g/mol. The molecule has 0 rings (SSSR count). The second-order valence-corrected chi connectivity index (χ2v) is 4.23. The molecule has 2 N–H and O–H groups in total. The van der Waals surface area contributed by atoms with Crippen molar-refractivity contribution < 1.29 is 19.1 Å². The Morgan fingerprint density at radius 1 is 1.41 bits per heavy atom. The first kappa shape index (κ1) is 15.6. The van der Waals surface area contributed by atoms with Gasteiger partial charge in [0.25, 0.3) is 0 Å². The number of hydrogen-bond acceptors (Lipinski definition) is 5. The molecule has 0 aromatic rings. The summed E-state index contributed by atoms with van der Waals surface area (Å²) in [6, 6.07) is 0. The summed E-state index contributed by atoms with van der Waals surface area (Å²) in [6.07, 6.45) is 1.34. The molecule has 0 amide bonds. The van der Waals surface area contributed by atoms with E-state index >= 15 is 0 Å². The number of esters is 2. The Hall–Kier alpha value is -1.36. The lowest BCUT2D eigenvalue weighted by Gasteiger charge is -2.21. The molecule has 0 heterocycles. The van der Waals surface area contributed by atoms with Gasteiger partial charge in [0, 0.05) is 0 Å². The van der Waals surface area contributed by atoms with Crippen LogP contribution in [-0.2, 0) is 19.1 Å². The zero-order chi connectivity index (χ0) is 13.5. The van der Waals surface area contributed by atoms with Crippen LogP contribution in [0.2, 0.25) is 0 Å². The normalized spacial score (nSPS) is 13.6. The number of hydrogen-bond donors (Lipinski definition) is 1. The Kier molecular flexibility index (Phi) is 6.50. The SMILES string of the molecule is C=C(C)OC(=O)CCOC(=O)C(C)(N)CCC. The summed E-state index contributed by atoms with van der Waals surface area (Å²) >= 11 is 0. The van der Waals surface area contributed by atoms with Crippen molar-refractivity contribution in [1.82, 2.24) is 0 Å². The van der Waals surface area contributed by atoms with E-state index in [0.717, 1.165) is 6.42 Å². The van der Waals surface area contributed by atoms with E-state index in [1.54, 1.807) is 13.8 Å². The zero-order valence-electron chi connectivity index (χ0n) is 10.7. The number of carbonyl (C=O) groups is 2. The van der Waals surface area contributed by atoms with Crippen molar-refractivity contribution in [1.29, 1.82) is 0 Å². The van der Waals surface area contributed by atoms with Crippen LogP contribution < -0.4 is 5.73 Å². The maximum Gasteiger partial charge on any atom is 0.325 e. The highest BCUT2D eigenvalue weighted by Crippen LogP contribution is 2.10. The van der Waals surface area contributed by atoms with Crippen molar-refractivity contribution in [2.75, 3.05) is 6.61 Å². The van der Waals surface area contributed by atoms with E-state index in [9.17, 15) is 9.59 Å². The highest BCUT2D eigenvalue weighted by Gasteiger charge is 2.28. The molecule has 0 aliphatic heterocycles. The van der Waals surface area contributed by atoms with Crippen LogP contribution >= 0.6 is 0 Å². The van der Waals surface area contributed by atoms with Gasteiger partial charge < -0.3 is 15.2 Å². The molecular formula is C12H21NO4. The van der Waals surface area contributed by atoms with Gasteiger partial charge in [-0.3, -0.25) is 9.59 Å². The molecule has 5 nitrogen and oxygen atoms in total. The topological polar surface area (TPSA) is 78.6 Å². The third-order valence-electron chi connectivity index (χ3n) is 2.06. The second kappa shape index (κ2) is 7.06. The van der Waals surface area contributed by atoms with E-state index in [4.69, 9.17) is 15.2 Å². The van der Waals surface area contributed by atoms with Gasteiger partial charge in [0.1, 0.15) is 12.1 Å². The molecule has 0 bridgehead atoms. The fraction of sp³-hybridized carbons (Fsp3) is 0.667. The molecule has 0 radical (unpaired) electrons. The van der Waals surface area contributed by atoms with E-state index < -0.39 is 17.5 Å². The molecule has 0 fully saturated rings. The van der Waals surface area contributed by atoms with Gasteiger partial charge in [-0.1, -0.05) is 19.9 Å². The van der Waals surface area contributed by atoms with Crippen molar-refractivity contribution >= 4 is 11.9 Å². The average molecular weight is 243 g/mol. The van der Waals surface area contributed by atoms with Crippen molar-refractivity contribution in [2.24, 2.45) is 5.73 Å². The Bertz CT molecular complexity index is 297. The Morgan fingerprint density at radius 2 is 2.00 bits per heavy atom. The minimum absolute atomic E-state index is 0.000799. The summed E-state index contributed by atoms with van der Waals surface area (Å²) < 4.78 is 9.63. The summed E-state index contributed by atoms with van der Waals surface area (Å²) in [5, 5.41) is 0. The fourth-order valence-electron chi connectivity index (χ4n) is 1.26. The van der Waals surface area contributed by atoms with Crippen LogP contribution in [-0.4, -0.2) is 24.1 Å². The van der Waals surface area contributed by atoms with Gasteiger partial charge in [-0.15, -0.1) is 0 Å². The lowest BCUT2D eigenvalue weighted by atomic mass is 9.98. The Morgan fingerprint density at radius 3 is 2.47 bits per heavy atom. The summed E-state index contributed by atoms with van der Waals surface area (Å²) in [6.45, 7) is 8.53. The third-order valence-corrected chi connectivity index (χ3v) is 2.06. The first-order chi connectivity index (χ1) is 7.79. The van der Waals surface area contributed by atoms with Gasteiger partial charge in [0.15, 0.2) is 0 Å². The molecule has 17 heavy (non-hydrogen) atoms. The zero-order valence-corrected chi connectivity index (χ0v) is 10.7. The highest BCUT2D eigenvalue weighted by molar-refractivity contribution is 5.80. The molecule has 1 atom stereocenters. The van der Waals surface area contributed by atoms with E-state index in [1.165, 1.54) is 0 Å². The largest absolute Gasteiger partial charge is 0.464 e. The maximum absolute atomic E-state index is 11.5. The van der Waals surface area contributed by atoms with Crippen LogP contribution in [0.4, 0.5) is 0 Å². The lowest BCUT2D eigenvalue weighted by Crippen LogP contribution is -2.46. The number of ether oxygens (including phenoxy) is 2. The molecule has 0 saturated heterocycles. The number of carbonyl (C=O) groups excluding carboxylic acids is 2. The molecule has 98 valence electrons. The van der Waals surface area contributed by atoms with E-state index in [1.807, 2.05) is 6.92 Å². The fourth-order valence-corrected chi connectivity index (χ4v) is 1.26. The minimum atomic E-state index is -0.993. The van der Waals surface area contributed by atoms with Gasteiger partial charge >= 0.3 is 11.9 Å². The van der Waals surface area contributed by atoms with Crippen LogP contribution in [0.3, 0.4) is 0 Å². The smallest absolute Gasteiger partial charge is 0.325 e. The van der Waals surface area contributed by atoms with Crippen LogP contribution in [0.15, 0.2) is 12.3 Å². The van der Waals surface area contributed by atoms with E-state index in [2.05, 4.69) is 6.58 Å². The molecule has 5 heteroatoms. The monoisotopic (exact) mass is 243 g/mol. The predicted octanol–water partition coefficient (Wildman–Crippen LogP) is 1.51. The van der Waals surface area contributed by atoms with Gasteiger partial charge in [-0.2, -0.15) is 0 Å². The van der Waals surface area contributed by atoms with Crippen LogP contribution in [0.25, 0.3) is 0 Å². The van der Waals surface area contributed by atoms with Crippen molar-refractivity contribution in [3.05, 3.63) is 12.3 Å². The first-order valence-corrected chi connectivity index (χ1v) is 5.62. The van der Waals surface area contributed by atoms with Gasteiger partial charge in [0.2, 0.25) is 0 Å². The van der Waals surface area contributed by atoms with Crippen LogP contribution in [0, 0.1) is 0 Å². The first-order valence-electron chi connectivity index (χ1n) is 5.62. The Balaban J connectivity index is 3.93. The quantitative estimate of drug-likeness (QED) is 0.541. The summed E-state index contributed by atoms with van der Waals surface area (Å²) in [7, 11) is 0. The summed E-state index contributed by atoms with van der Waals surface area (Å²) in [5.41, 5.74) is 4.77. The number of rotatable bonds is 7. The van der Waals surface area contributed by atoms with Crippen LogP contribution in [0.1, 0.15) is 40.0 Å². The highest BCUT2D eigenvalue weighted by atomic mass is 16.6. The van der Waals surface area contributed by atoms with Gasteiger partial charge in [-0.25, -0.2) is 0 Å². The van der Waals surface area contributed by atoms with Crippen molar-refractivity contribution in [3.8, 4) is 0 Å². The van der Waals surface area contributed by atoms with E-state index in [0.29, 0.717) is 12.2 Å². The standard InChI is InChI=1S/C12H21NO4/c1-5-7-12(4,13)11(15)16-8-6-10(14)17-9(2)3/h2,5-8,13H2,1,3-4H3. The summed E-state index contributed by atoms with van der Waals surface area (Å²) in [5.74, 6) is -0.655. The molecule has 0 aliphatic carbocycles. The third kappa shape index (κ3) is 6.73. The van der Waals surface area contributed by atoms with Gasteiger partial charge in [0.05, 0.1) is 12.2 Å². The molecule has 0 aliphatic rings. The van der Waals surface area contributed by atoms with E-state index in [-0.39, 0.29) is 13.0 Å². The molecule has 0 aromatic carbocycles. The molecule has 0 aromatic heterocycles. The summed E-state index contributed by atoms with van der Waals surface area (Å²) in [4.78, 5) is 22.6. The van der Waals surface area contributed by atoms with Crippen LogP contribution in [0.5, 0.6) is 0 Å². The van der Waals surface area contributed by atoms with Gasteiger partial charge in [-0.05, 0) is 20.3 Å². The second-order valence-electron chi connectivity index (χ2n) is 4.23.